The molecule has 0 bridgehead atoms. The first-order valence-corrected chi connectivity index (χ1v) is 9.45. The normalized spacial score (nSPS) is 21.2. The summed E-state index contributed by atoms with van der Waals surface area (Å²) >= 11 is 0. The molecule has 2 aromatic rings. The third kappa shape index (κ3) is 5.04. The summed E-state index contributed by atoms with van der Waals surface area (Å²) in [4.78, 5) is 19.7. The summed E-state index contributed by atoms with van der Waals surface area (Å²) in [5.74, 6) is -0.804. The van der Waals surface area contributed by atoms with Crippen molar-refractivity contribution in [1.82, 2.24) is 0 Å². The van der Waals surface area contributed by atoms with Crippen molar-refractivity contribution in [2.45, 2.75) is 31.1 Å². The van der Waals surface area contributed by atoms with E-state index in [0.717, 1.165) is 17.5 Å². The second-order valence-corrected chi connectivity index (χ2v) is 7.32. The predicted octanol–water partition coefficient (Wildman–Crippen LogP) is 2.25. The van der Waals surface area contributed by atoms with Crippen LogP contribution in [0.1, 0.15) is 42.2 Å². The Kier molecular flexibility index (Phi) is 6.01. The van der Waals surface area contributed by atoms with E-state index in [1.807, 2.05) is 48.5 Å². The van der Waals surface area contributed by atoms with Gasteiger partial charge in [0.15, 0.2) is 11.9 Å². The van der Waals surface area contributed by atoms with E-state index in [9.17, 15) is 9.90 Å². The second kappa shape index (κ2) is 8.64. The Bertz CT molecular complexity index is 913. The number of benzene rings is 2. The Labute approximate surface area is 169 Å². The Morgan fingerprint density at radius 3 is 1.62 bits per heavy atom. The van der Waals surface area contributed by atoms with Crippen LogP contribution in [0.15, 0.2) is 58.5 Å². The Morgan fingerprint density at radius 1 is 0.759 bits per heavy atom. The number of guanidine groups is 2. The molecule has 0 heterocycles. The van der Waals surface area contributed by atoms with E-state index in [1.165, 1.54) is 0 Å². The Hall–Kier alpha value is -3.55. The van der Waals surface area contributed by atoms with Crippen LogP contribution in [0.3, 0.4) is 0 Å². The molecule has 0 saturated heterocycles. The van der Waals surface area contributed by atoms with Crippen molar-refractivity contribution in [3.63, 3.8) is 0 Å². The van der Waals surface area contributed by atoms with E-state index in [4.69, 9.17) is 22.9 Å². The summed E-state index contributed by atoms with van der Waals surface area (Å²) in [5.41, 5.74) is 25.3. The van der Waals surface area contributed by atoms with Gasteiger partial charge in [-0.15, -0.1) is 0 Å². The van der Waals surface area contributed by atoms with Gasteiger partial charge < -0.3 is 28.0 Å². The topological polar surface area (TPSA) is 166 Å². The van der Waals surface area contributed by atoms with Crippen molar-refractivity contribution in [1.29, 1.82) is 0 Å². The van der Waals surface area contributed by atoms with Crippen molar-refractivity contribution < 1.29 is 9.90 Å². The number of aliphatic carboxylic acids is 1. The van der Waals surface area contributed by atoms with Crippen molar-refractivity contribution >= 4 is 29.3 Å². The molecule has 8 nitrogen and oxygen atoms in total. The molecule has 152 valence electrons. The van der Waals surface area contributed by atoms with Crippen LogP contribution in [0.25, 0.3) is 0 Å². The monoisotopic (exact) mass is 394 g/mol. The summed E-state index contributed by atoms with van der Waals surface area (Å²) in [6.45, 7) is 0. The lowest BCUT2D eigenvalue weighted by Gasteiger charge is -2.35. The first-order valence-electron chi connectivity index (χ1n) is 9.45. The molecule has 1 saturated carbocycles. The molecular weight excluding hydrogens is 368 g/mol. The third-order valence-electron chi connectivity index (χ3n) is 5.36. The van der Waals surface area contributed by atoms with E-state index < -0.39 is 5.97 Å². The Balaban J connectivity index is 1.91. The van der Waals surface area contributed by atoms with Gasteiger partial charge >= 0.3 is 5.97 Å². The summed E-state index contributed by atoms with van der Waals surface area (Å²) in [7, 11) is 0. The average molecular weight is 394 g/mol. The molecule has 29 heavy (non-hydrogen) atoms. The van der Waals surface area contributed by atoms with E-state index in [1.54, 1.807) is 0 Å². The van der Waals surface area contributed by atoms with Gasteiger partial charge in [0.1, 0.15) is 0 Å². The highest BCUT2D eigenvalue weighted by Crippen LogP contribution is 2.46. The predicted molar refractivity (Wildman–Crippen MR) is 114 cm³/mol. The molecule has 0 amide bonds. The lowest BCUT2D eigenvalue weighted by Crippen LogP contribution is -2.27. The van der Waals surface area contributed by atoms with Gasteiger partial charge in [-0.2, -0.15) is 0 Å². The van der Waals surface area contributed by atoms with E-state index >= 15 is 0 Å². The number of aliphatic imine (C=N–C) groups is 2. The van der Waals surface area contributed by atoms with E-state index in [-0.39, 0.29) is 29.7 Å². The molecular formula is C21H26N6O2. The van der Waals surface area contributed by atoms with Crippen LogP contribution in [0.2, 0.25) is 0 Å². The molecule has 1 fully saturated rings. The fourth-order valence-electron chi connectivity index (χ4n) is 4.05. The molecule has 1 aliphatic rings. The lowest BCUT2D eigenvalue weighted by atomic mass is 9.68. The van der Waals surface area contributed by atoms with Crippen molar-refractivity contribution in [3.05, 3.63) is 59.7 Å². The van der Waals surface area contributed by atoms with Crippen LogP contribution in [-0.4, -0.2) is 23.0 Å². The van der Waals surface area contributed by atoms with Crippen LogP contribution in [0, 0.1) is 5.92 Å². The van der Waals surface area contributed by atoms with Crippen LogP contribution in [-0.2, 0) is 4.79 Å². The summed E-state index contributed by atoms with van der Waals surface area (Å²) in [6.07, 6.45) is 2.02. The standard InChI is InChI=1S/C21H26N6O2/c22-20(23)26-15-6-1-12(2-7-15)17-10-5-14(19(28)29)11-18(17)13-3-8-16(9-4-13)27-21(24)25/h1-4,6-9,14,17-18H,5,10-11H2,(H,28,29)(H4,22,23,26)(H4,24,25,27)/t14-,17-,18-/m1/s1. The minimum Gasteiger partial charge on any atom is -0.481 e. The van der Waals surface area contributed by atoms with Gasteiger partial charge in [0, 0.05) is 0 Å². The number of rotatable bonds is 5. The molecule has 0 unspecified atom stereocenters. The summed E-state index contributed by atoms with van der Waals surface area (Å²) in [5, 5.41) is 9.54. The fraction of sp³-hybridized carbons (Fsp3) is 0.286. The third-order valence-corrected chi connectivity index (χ3v) is 5.36. The molecule has 0 spiro atoms. The van der Waals surface area contributed by atoms with Gasteiger partial charge in [-0.25, -0.2) is 9.98 Å². The molecule has 3 rings (SSSR count). The second-order valence-electron chi connectivity index (χ2n) is 7.32. The number of carbonyl (C=O) groups is 1. The molecule has 3 atom stereocenters. The van der Waals surface area contributed by atoms with Crippen LogP contribution < -0.4 is 22.9 Å². The minimum absolute atomic E-state index is 0.0000917. The number of nitrogens with zero attached hydrogens (tertiary/aromatic N) is 2. The maximum Gasteiger partial charge on any atom is 0.306 e. The van der Waals surface area contributed by atoms with Gasteiger partial charge in [0.25, 0.3) is 0 Å². The molecule has 1 aliphatic carbocycles. The molecule has 9 N–H and O–H groups in total. The molecule has 0 radical (unpaired) electrons. The number of nitrogens with two attached hydrogens (primary N) is 4. The average Bonchev–Trinajstić information content (AvgIpc) is 2.68. The zero-order chi connectivity index (χ0) is 21.0. The van der Waals surface area contributed by atoms with E-state index in [2.05, 4.69) is 9.98 Å². The lowest BCUT2D eigenvalue weighted by molar-refractivity contribution is -0.143. The van der Waals surface area contributed by atoms with Gasteiger partial charge in [-0.05, 0) is 66.5 Å². The maximum atomic E-state index is 11.6. The minimum atomic E-state index is -0.742. The smallest absolute Gasteiger partial charge is 0.306 e. The molecule has 0 aliphatic heterocycles. The largest absolute Gasteiger partial charge is 0.481 e. The number of hydrogen-bond acceptors (Lipinski definition) is 3. The SMILES string of the molecule is NC(N)=Nc1ccc([C@H]2CC[C@@H](C(=O)O)C[C@@H]2c2ccc(N=C(N)N)cc2)cc1. The summed E-state index contributed by atoms with van der Waals surface area (Å²) in [6, 6.07) is 15.4. The van der Waals surface area contributed by atoms with Crippen LogP contribution >= 0.6 is 0 Å². The molecule has 2 aromatic carbocycles. The van der Waals surface area contributed by atoms with Crippen LogP contribution in [0.4, 0.5) is 11.4 Å². The summed E-state index contributed by atoms with van der Waals surface area (Å²) < 4.78 is 0. The zero-order valence-electron chi connectivity index (χ0n) is 16.0. The number of carboxylic acid groups (broad SMARTS) is 1. The first kappa shape index (κ1) is 20.2. The maximum absolute atomic E-state index is 11.6. The van der Waals surface area contributed by atoms with Crippen LogP contribution in [0.5, 0.6) is 0 Å². The van der Waals surface area contributed by atoms with Gasteiger partial charge in [-0.3, -0.25) is 4.79 Å². The van der Waals surface area contributed by atoms with Gasteiger partial charge in [0.2, 0.25) is 0 Å². The van der Waals surface area contributed by atoms with Crippen molar-refractivity contribution in [3.8, 4) is 0 Å². The van der Waals surface area contributed by atoms with E-state index in [0.29, 0.717) is 24.2 Å². The molecule has 0 aromatic heterocycles. The molecule has 8 heteroatoms. The highest BCUT2D eigenvalue weighted by Gasteiger charge is 2.35. The highest BCUT2D eigenvalue weighted by atomic mass is 16.4. The van der Waals surface area contributed by atoms with Gasteiger partial charge in [-0.1, -0.05) is 24.3 Å². The first-order chi connectivity index (χ1) is 13.8. The van der Waals surface area contributed by atoms with Crippen molar-refractivity contribution in [2.75, 3.05) is 0 Å². The van der Waals surface area contributed by atoms with Gasteiger partial charge in [0.05, 0.1) is 17.3 Å². The fourth-order valence-corrected chi connectivity index (χ4v) is 4.05. The number of hydrogen-bond donors (Lipinski definition) is 5. The quantitative estimate of drug-likeness (QED) is 0.385. The highest BCUT2D eigenvalue weighted by molar-refractivity contribution is 5.79. The Morgan fingerprint density at radius 2 is 1.21 bits per heavy atom. The van der Waals surface area contributed by atoms with Crippen molar-refractivity contribution in [2.24, 2.45) is 38.8 Å². The number of carboxylic acids is 1. The zero-order valence-corrected chi connectivity index (χ0v) is 16.0.